The second kappa shape index (κ2) is 10.4. The number of halogens is 2. The fraction of sp³-hybridized carbons (Fsp3) is 0.714. The van der Waals surface area contributed by atoms with Crippen LogP contribution in [0.2, 0.25) is 0 Å². The van der Waals surface area contributed by atoms with Crippen molar-refractivity contribution in [3.63, 3.8) is 0 Å². The van der Waals surface area contributed by atoms with Crippen LogP contribution >= 0.6 is 36.2 Å². The Morgan fingerprint density at radius 3 is 2.86 bits per heavy atom. The third kappa shape index (κ3) is 5.74. The van der Waals surface area contributed by atoms with Crippen LogP contribution in [0.4, 0.5) is 0 Å². The van der Waals surface area contributed by atoms with Crippen molar-refractivity contribution < 1.29 is 4.79 Å². The zero-order chi connectivity index (χ0) is 13.7. The van der Waals surface area contributed by atoms with Crippen LogP contribution in [-0.2, 0) is 17.6 Å². The molecule has 0 aliphatic heterocycles. The summed E-state index contributed by atoms with van der Waals surface area (Å²) in [6, 6.07) is 0. The molecule has 0 aromatic carbocycles. The minimum absolute atomic E-state index is 0. The second-order valence-corrected chi connectivity index (χ2v) is 6.35. The first-order valence-corrected chi connectivity index (χ1v) is 7.97. The van der Waals surface area contributed by atoms with Crippen LogP contribution in [0.1, 0.15) is 36.1 Å². The molecule has 0 bridgehead atoms. The zero-order valence-electron chi connectivity index (χ0n) is 12.3. The highest BCUT2D eigenvalue weighted by atomic mass is 35.5. The maximum Gasteiger partial charge on any atom is 0.223 e. The number of nitrogens with two attached hydrogens (primary N) is 1. The Hall–Kier alpha value is -0.360. The maximum absolute atomic E-state index is 12.1. The van der Waals surface area contributed by atoms with Gasteiger partial charge in [0.05, 0.1) is 5.01 Å². The standard InChI is InChI=1S/C14H23N3OS.2ClH/c1-2-11-9-17-13(19-11)6-7-16-14(18)12-5-3-4-10(12)8-15;;/h9-10,12H,2-8,15H2,1H3,(H,16,18);2*1H/t10-,12-;;/m1../s1. The molecule has 7 heteroatoms. The van der Waals surface area contributed by atoms with Gasteiger partial charge in [-0.05, 0) is 31.7 Å². The molecule has 0 unspecified atom stereocenters. The van der Waals surface area contributed by atoms with Gasteiger partial charge in [0.15, 0.2) is 0 Å². The lowest BCUT2D eigenvalue weighted by Crippen LogP contribution is -2.36. The van der Waals surface area contributed by atoms with E-state index in [-0.39, 0.29) is 36.6 Å². The van der Waals surface area contributed by atoms with E-state index >= 15 is 0 Å². The first-order valence-electron chi connectivity index (χ1n) is 7.16. The molecule has 3 N–H and O–H groups in total. The number of aryl methyl sites for hydroxylation is 1. The summed E-state index contributed by atoms with van der Waals surface area (Å²) in [5.74, 6) is 0.694. The van der Waals surface area contributed by atoms with Crippen LogP contribution in [0, 0.1) is 11.8 Å². The molecule has 1 aromatic rings. The van der Waals surface area contributed by atoms with Gasteiger partial charge >= 0.3 is 0 Å². The lowest BCUT2D eigenvalue weighted by Gasteiger charge is -2.17. The van der Waals surface area contributed by atoms with Crippen LogP contribution < -0.4 is 11.1 Å². The van der Waals surface area contributed by atoms with E-state index < -0.39 is 0 Å². The quantitative estimate of drug-likeness (QED) is 0.825. The first kappa shape index (κ1) is 20.6. The summed E-state index contributed by atoms with van der Waals surface area (Å²) >= 11 is 1.74. The SMILES string of the molecule is CCc1cnc(CCNC(=O)[C@@H]2CCC[C@@H]2CN)s1.Cl.Cl. The first-order chi connectivity index (χ1) is 9.24. The highest BCUT2D eigenvalue weighted by Gasteiger charge is 2.31. The maximum atomic E-state index is 12.1. The van der Waals surface area contributed by atoms with Crippen molar-refractivity contribution in [2.24, 2.45) is 17.6 Å². The lowest BCUT2D eigenvalue weighted by atomic mass is 9.95. The van der Waals surface area contributed by atoms with Crippen molar-refractivity contribution in [2.45, 2.75) is 39.0 Å². The van der Waals surface area contributed by atoms with E-state index in [1.165, 1.54) is 4.88 Å². The van der Waals surface area contributed by atoms with E-state index in [9.17, 15) is 4.79 Å². The average Bonchev–Trinajstić information content (AvgIpc) is 3.06. The summed E-state index contributed by atoms with van der Waals surface area (Å²) in [5, 5.41) is 4.15. The summed E-state index contributed by atoms with van der Waals surface area (Å²) in [4.78, 5) is 17.7. The molecule has 122 valence electrons. The fourth-order valence-corrected chi connectivity index (χ4v) is 3.58. The van der Waals surface area contributed by atoms with Gasteiger partial charge in [-0.3, -0.25) is 4.79 Å². The number of carbonyl (C=O) groups excluding carboxylic acids is 1. The second-order valence-electron chi connectivity index (χ2n) is 5.15. The minimum atomic E-state index is 0. The number of amides is 1. The van der Waals surface area contributed by atoms with Gasteiger partial charge in [0, 0.05) is 30.0 Å². The molecular weight excluding hydrogens is 329 g/mol. The third-order valence-electron chi connectivity index (χ3n) is 3.89. The normalized spacial score (nSPS) is 20.5. The van der Waals surface area contributed by atoms with Gasteiger partial charge in [-0.15, -0.1) is 36.2 Å². The van der Waals surface area contributed by atoms with E-state index in [0.29, 0.717) is 19.0 Å². The summed E-state index contributed by atoms with van der Waals surface area (Å²) in [6.07, 6.45) is 7.02. The van der Waals surface area contributed by atoms with Crippen LogP contribution in [0.25, 0.3) is 0 Å². The van der Waals surface area contributed by atoms with E-state index in [4.69, 9.17) is 5.73 Å². The molecule has 1 aromatic heterocycles. The van der Waals surface area contributed by atoms with Gasteiger partial charge in [-0.1, -0.05) is 13.3 Å². The number of aromatic nitrogens is 1. The summed E-state index contributed by atoms with van der Waals surface area (Å²) < 4.78 is 0. The molecule has 0 saturated heterocycles. The molecule has 1 aliphatic rings. The van der Waals surface area contributed by atoms with Crippen LogP contribution in [0.3, 0.4) is 0 Å². The average molecular weight is 354 g/mol. The Morgan fingerprint density at radius 2 is 2.24 bits per heavy atom. The van der Waals surface area contributed by atoms with Crippen LogP contribution in [-0.4, -0.2) is 24.0 Å². The van der Waals surface area contributed by atoms with E-state index in [2.05, 4.69) is 17.2 Å². The third-order valence-corrected chi connectivity index (χ3v) is 5.09. The van der Waals surface area contributed by atoms with Gasteiger partial charge in [-0.2, -0.15) is 0 Å². The Balaban J connectivity index is 0.00000200. The smallest absolute Gasteiger partial charge is 0.223 e. The molecule has 0 radical (unpaired) electrons. The van der Waals surface area contributed by atoms with Gasteiger partial charge in [0.2, 0.25) is 5.91 Å². The number of nitrogens with zero attached hydrogens (tertiary/aromatic N) is 1. The predicted molar refractivity (Wildman–Crippen MR) is 92.6 cm³/mol. The Morgan fingerprint density at radius 1 is 1.48 bits per heavy atom. The number of carbonyl (C=O) groups is 1. The molecule has 0 spiro atoms. The Kier molecular flexibility index (Phi) is 10.2. The number of thiazole rings is 1. The summed E-state index contributed by atoms with van der Waals surface area (Å²) in [5.41, 5.74) is 5.71. The van der Waals surface area contributed by atoms with Gasteiger partial charge in [0.1, 0.15) is 0 Å². The molecular formula is C14H25Cl2N3OS. The van der Waals surface area contributed by atoms with Gasteiger partial charge in [-0.25, -0.2) is 4.98 Å². The van der Waals surface area contributed by atoms with Crippen molar-refractivity contribution in [1.29, 1.82) is 0 Å². The fourth-order valence-electron chi connectivity index (χ4n) is 2.71. The molecule has 1 amide bonds. The van der Waals surface area contributed by atoms with E-state index in [1.54, 1.807) is 11.3 Å². The van der Waals surface area contributed by atoms with Crippen molar-refractivity contribution in [3.8, 4) is 0 Å². The van der Waals surface area contributed by atoms with E-state index in [1.807, 2.05) is 6.20 Å². The van der Waals surface area contributed by atoms with Crippen molar-refractivity contribution in [3.05, 3.63) is 16.1 Å². The molecule has 21 heavy (non-hydrogen) atoms. The number of nitrogens with one attached hydrogen (secondary N) is 1. The number of rotatable bonds is 6. The molecule has 1 fully saturated rings. The summed E-state index contributed by atoms with van der Waals surface area (Å²) in [7, 11) is 0. The van der Waals surface area contributed by atoms with Crippen molar-refractivity contribution in [2.75, 3.05) is 13.1 Å². The topological polar surface area (TPSA) is 68.0 Å². The lowest BCUT2D eigenvalue weighted by molar-refractivity contribution is -0.125. The Labute approximate surface area is 143 Å². The molecule has 2 atom stereocenters. The number of hydrogen-bond donors (Lipinski definition) is 2. The molecule has 1 saturated carbocycles. The molecule has 1 aliphatic carbocycles. The highest BCUT2D eigenvalue weighted by Crippen LogP contribution is 2.30. The van der Waals surface area contributed by atoms with Crippen molar-refractivity contribution >= 4 is 42.1 Å². The summed E-state index contributed by atoms with van der Waals surface area (Å²) in [6.45, 7) is 3.44. The van der Waals surface area contributed by atoms with Crippen LogP contribution in [0.15, 0.2) is 6.20 Å². The van der Waals surface area contributed by atoms with Crippen molar-refractivity contribution in [1.82, 2.24) is 10.3 Å². The van der Waals surface area contributed by atoms with Crippen LogP contribution in [0.5, 0.6) is 0 Å². The molecule has 4 nitrogen and oxygen atoms in total. The molecule has 1 heterocycles. The number of hydrogen-bond acceptors (Lipinski definition) is 4. The largest absolute Gasteiger partial charge is 0.355 e. The minimum Gasteiger partial charge on any atom is -0.355 e. The Bertz CT molecular complexity index is 428. The van der Waals surface area contributed by atoms with Gasteiger partial charge in [0.25, 0.3) is 0 Å². The van der Waals surface area contributed by atoms with E-state index in [0.717, 1.165) is 37.1 Å². The molecule has 2 rings (SSSR count). The predicted octanol–water partition coefficient (Wildman–Crippen LogP) is 2.58. The highest BCUT2D eigenvalue weighted by molar-refractivity contribution is 7.11. The zero-order valence-corrected chi connectivity index (χ0v) is 14.8. The van der Waals surface area contributed by atoms with Gasteiger partial charge < -0.3 is 11.1 Å². The monoisotopic (exact) mass is 353 g/mol.